The van der Waals surface area contributed by atoms with E-state index in [1.54, 1.807) is 11.3 Å². The lowest BCUT2D eigenvalue weighted by atomic mass is 10.1. The van der Waals surface area contributed by atoms with Gasteiger partial charge in [-0.2, -0.15) is 11.3 Å². The Balaban J connectivity index is 2.11. The van der Waals surface area contributed by atoms with Gasteiger partial charge in [0.2, 0.25) is 0 Å². The number of nitrogens with zero attached hydrogens (tertiary/aromatic N) is 1. The molecule has 22 heavy (non-hydrogen) atoms. The van der Waals surface area contributed by atoms with Crippen LogP contribution in [-0.2, 0) is 22.3 Å². The molecule has 2 unspecified atom stereocenters. The number of aliphatic carboxylic acids is 1. The maximum atomic E-state index is 11.7. The van der Waals surface area contributed by atoms with E-state index in [0.717, 1.165) is 11.1 Å². The molecule has 0 amide bonds. The number of carboxylic acids is 1. The number of thiophene rings is 1. The molecule has 0 fully saturated rings. The van der Waals surface area contributed by atoms with Crippen LogP contribution in [0.25, 0.3) is 0 Å². The van der Waals surface area contributed by atoms with Crippen LogP contribution >= 0.6 is 19.5 Å². The van der Waals surface area contributed by atoms with E-state index in [0.29, 0.717) is 12.8 Å². The molecule has 0 aliphatic heterocycles. The van der Waals surface area contributed by atoms with E-state index in [4.69, 9.17) is 0 Å². The van der Waals surface area contributed by atoms with E-state index in [1.807, 2.05) is 47.2 Å². The summed E-state index contributed by atoms with van der Waals surface area (Å²) in [6.07, 6.45) is 0.872. The van der Waals surface area contributed by atoms with Crippen molar-refractivity contribution < 1.29 is 19.4 Å². The van der Waals surface area contributed by atoms with Gasteiger partial charge in [0.25, 0.3) is 8.18 Å². The van der Waals surface area contributed by atoms with E-state index >= 15 is 0 Å². The highest BCUT2D eigenvalue weighted by Gasteiger charge is 2.28. The first-order valence-electron chi connectivity index (χ1n) is 6.85. The normalized spacial score (nSPS) is 13.9. The Morgan fingerprint density at radius 3 is 2.50 bits per heavy atom. The zero-order valence-corrected chi connectivity index (χ0v) is 13.7. The van der Waals surface area contributed by atoms with Crippen molar-refractivity contribution in [1.29, 1.82) is 0 Å². The molecule has 0 aliphatic carbocycles. The zero-order valence-electron chi connectivity index (χ0n) is 11.9. The second kappa shape index (κ2) is 8.25. The van der Waals surface area contributed by atoms with Crippen molar-refractivity contribution in [2.24, 2.45) is 0 Å². The van der Waals surface area contributed by atoms with Crippen molar-refractivity contribution in [2.45, 2.75) is 25.4 Å². The van der Waals surface area contributed by atoms with Crippen molar-refractivity contribution >= 4 is 25.5 Å². The summed E-state index contributed by atoms with van der Waals surface area (Å²) in [4.78, 5) is 21.1. The molecule has 2 rings (SSSR count). The zero-order chi connectivity index (χ0) is 15.9. The lowest BCUT2D eigenvalue weighted by molar-refractivity contribution is -0.142. The number of aryl methyl sites for hydroxylation is 1. The molecule has 1 aromatic carbocycles. The van der Waals surface area contributed by atoms with Crippen LogP contribution in [0.1, 0.15) is 17.5 Å². The van der Waals surface area contributed by atoms with Gasteiger partial charge in [-0.3, -0.25) is 9.36 Å². The fourth-order valence-corrected chi connectivity index (χ4v) is 3.77. The molecule has 2 N–H and O–H groups in total. The standard InChI is InChI=1S/C15H18NO4PS/c17-15(18)14(7-6-13-8-9-22-11-13)16(21(19)20)10-12-4-2-1-3-5-12/h1-5,8-9,11,14,21H,6-7,10H2,(H,17,18)(H,19,20). The third-order valence-electron chi connectivity index (χ3n) is 3.39. The van der Waals surface area contributed by atoms with Gasteiger partial charge in [-0.15, -0.1) is 0 Å². The van der Waals surface area contributed by atoms with Crippen LogP contribution in [0.2, 0.25) is 0 Å². The average Bonchev–Trinajstić information content (AvgIpc) is 3.00. The molecule has 118 valence electrons. The number of carbonyl (C=O) groups is 1. The first-order chi connectivity index (χ1) is 10.6. The van der Waals surface area contributed by atoms with Gasteiger partial charge >= 0.3 is 5.97 Å². The molecule has 0 aliphatic rings. The summed E-state index contributed by atoms with van der Waals surface area (Å²) in [5.41, 5.74) is 1.87. The molecular weight excluding hydrogens is 321 g/mol. The van der Waals surface area contributed by atoms with Crippen LogP contribution in [0.5, 0.6) is 0 Å². The van der Waals surface area contributed by atoms with Crippen LogP contribution in [-0.4, -0.2) is 26.7 Å². The smallest absolute Gasteiger partial charge is 0.321 e. The van der Waals surface area contributed by atoms with Gasteiger partial charge in [0.15, 0.2) is 0 Å². The summed E-state index contributed by atoms with van der Waals surface area (Å²) < 4.78 is 12.8. The number of hydrogen-bond acceptors (Lipinski definition) is 3. The third kappa shape index (κ3) is 4.78. The van der Waals surface area contributed by atoms with Gasteiger partial charge in [0.1, 0.15) is 6.04 Å². The van der Waals surface area contributed by atoms with Gasteiger partial charge in [-0.05, 0) is 40.8 Å². The number of rotatable bonds is 8. The lowest BCUT2D eigenvalue weighted by Gasteiger charge is -2.26. The van der Waals surface area contributed by atoms with E-state index in [2.05, 4.69) is 0 Å². The Kier molecular flexibility index (Phi) is 6.34. The molecular formula is C15H18NO4PS. The van der Waals surface area contributed by atoms with Crippen LogP contribution in [0.3, 0.4) is 0 Å². The first kappa shape index (κ1) is 16.9. The highest BCUT2D eigenvalue weighted by atomic mass is 32.1. The highest BCUT2D eigenvalue weighted by molar-refractivity contribution is 7.35. The first-order valence-corrected chi connectivity index (χ1v) is 9.10. The summed E-state index contributed by atoms with van der Waals surface area (Å²) in [6, 6.07) is 10.1. The third-order valence-corrected chi connectivity index (χ3v) is 5.08. The molecule has 0 saturated heterocycles. The quantitative estimate of drug-likeness (QED) is 0.723. The minimum atomic E-state index is -3.10. The van der Waals surface area contributed by atoms with Gasteiger partial charge in [-0.1, -0.05) is 30.3 Å². The van der Waals surface area contributed by atoms with E-state index < -0.39 is 20.2 Å². The molecule has 1 aromatic heterocycles. The summed E-state index contributed by atoms with van der Waals surface area (Å²) in [5, 5.41) is 13.3. The molecule has 0 bridgehead atoms. The second-order valence-corrected chi connectivity index (χ2v) is 6.84. The molecule has 2 aromatic rings. The van der Waals surface area contributed by atoms with E-state index in [1.165, 1.54) is 4.67 Å². The van der Waals surface area contributed by atoms with Crippen LogP contribution in [0.4, 0.5) is 0 Å². The predicted octanol–water partition coefficient (Wildman–Crippen LogP) is 3.02. The van der Waals surface area contributed by atoms with Crippen LogP contribution in [0, 0.1) is 0 Å². The maximum absolute atomic E-state index is 11.7. The minimum absolute atomic E-state index is 0.149. The Hall–Kier alpha value is -1.46. The molecule has 7 heteroatoms. The highest BCUT2D eigenvalue weighted by Crippen LogP contribution is 2.29. The van der Waals surface area contributed by atoms with Gasteiger partial charge < -0.3 is 10.00 Å². The number of carboxylic acid groups (broad SMARTS) is 1. The Labute approximate surface area is 133 Å². The average molecular weight is 339 g/mol. The summed E-state index contributed by atoms with van der Waals surface area (Å²) in [7, 11) is -3.10. The molecule has 0 saturated carbocycles. The van der Waals surface area contributed by atoms with Crippen molar-refractivity contribution in [3.05, 3.63) is 58.3 Å². The fourth-order valence-electron chi connectivity index (χ4n) is 2.24. The van der Waals surface area contributed by atoms with Crippen LogP contribution in [0.15, 0.2) is 47.2 Å². The fraction of sp³-hybridized carbons (Fsp3) is 0.267. The summed E-state index contributed by atoms with van der Waals surface area (Å²) in [6.45, 7) is 0.149. The largest absolute Gasteiger partial charge is 0.480 e. The number of hydrogen-bond donors (Lipinski definition) is 2. The molecule has 5 nitrogen and oxygen atoms in total. The SMILES string of the molecule is O=C(O)C(CCc1ccsc1)N(Cc1ccccc1)[PH](=O)O. The summed E-state index contributed by atoms with van der Waals surface area (Å²) in [5.74, 6) is -1.07. The molecule has 1 heterocycles. The Morgan fingerprint density at radius 1 is 1.23 bits per heavy atom. The van der Waals surface area contributed by atoms with Gasteiger partial charge in [0.05, 0.1) is 0 Å². The lowest BCUT2D eigenvalue weighted by Crippen LogP contribution is -2.36. The molecule has 2 atom stereocenters. The van der Waals surface area contributed by atoms with Crippen molar-refractivity contribution in [1.82, 2.24) is 4.67 Å². The summed E-state index contributed by atoms with van der Waals surface area (Å²) >= 11 is 1.55. The molecule has 0 radical (unpaired) electrons. The van der Waals surface area contributed by atoms with Crippen molar-refractivity contribution in [3.8, 4) is 0 Å². The van der Waals surface area contributed by atoms with Crippen molar-refractivity contribution in [3.63, 3.8) is 0 Å². The monoisotopic (exact) mass is 339 g/mol. The minimum Gasteiger partial charge on any atom is -0.480 e. The predicted molar refractivity (Wildman–Crippen MR) is 87.3 cm³/mol. The Morgan fingerprint density at radius 2 is 1.95 bits per heavy atom. The second-order valence-electron chi connectivity index (χ2n) is 4.92. The maximum Gasteiger partial charge on any atom is 0.321 e. The van der Waals surface area contributed by atoms with Crippen LogP contribution < -0.4 is 0 Å². The van der Waals surface area contributed by atoms with Gasteiger partial charge in [0, 0.05) is 6.54 Å². The van der Waals surface area contributed by atoms with Crippen molar-refractivity contribution in [2.75, 3.05) is 0 Å². The van der Waals surface area contributed by atoms with E-state index in [-0.39, 0.29) is 6.54 Å². The topological polar surface area (TPSA) is 77.8 Å². The number of benzene rings is 1. The van der Waals surface area contributed by atoms with E-state index in [9.17, 15) is 19.4 Å². The van der Waals surface area contributed by atoms with Gasteiger partial charge in [-0.25, -0.2) is 4.67 Å². The molecule has 0 spiro atoms. The Bertz CT molecular complexity index is 618.